The molecule has 1 fully saturated rings. The van der Waals surface area contributed by atoms with Gasteiger partial charge in [-0.15, -0.1) is 0 Å². The fourth-order valence-electron chi connectivity index (χ4n) is 3.87. The minimum absolute atomic E-state index is 0.0177. The van der Waals surface area contributed by atoms with Crippen LogP contribution in [0.15, 0.2) is 71.9 Å². The van der Waals surface area contributed by atoms with Crippen molar-refractivity contribution in [3.63, 3.8) is 0 Å². The Bertz CT molecular complexity index is 1340. The fourth-order valence-corrected chi connectivity index (χ4v) is 3.87. The molecule has 31 heavy (non-hydrogen) atoms. The van der Waals surface area contributed by atoms with E-state index in [1.807, 2.05) is 30.3 Å². The Hall–Kier alpha value is -3.78. The highest BCUT2D eigenvalue weighted by Gasteiger charge is 2.33. The highest BCUT2D eigenvalue weighted by Crippen LogP contribution is 2.23. The van der Waals surface area contributed by atoms with Gasteiger partial charge in [0.05, 0.1) is 12.1 Å². The number of benzene rings is 1. The molecular weight excluding hydrogens is 396 g/mol. The first-order valence-electron chi connectivity index (χ1n) is 10.1. The zero-order chi connectivity index (χ0) is 21.4. The van der Waals surface area contributed by atoms with Gasteiger partial charge in [-0.3, -0.25) is 19.0 Å². The molecule has 5 rings (SSSR count). The molecule has 0 radical (unpaired) electrons. The number of hydrogen-bond donors (Lipinski definition) is 1. The summed E-state index contributed by atoms with van der Waals surface area (Å²) in [7, 11) is 0. The molecule has 4 heterocycles. The number of carbonyl (C=O) groups is 1. The van der Waals surface area contributed by atoms with Crippen LogP contribution in [-0.2, 0) is 0 Å². The van der Waals surface area contributed by atoms with E-state index in [0.717, 1.165) is 10.9 Å². The summed E-state index contributed by atoms with van der Waals surface area (Å²) in [5.41, 5.74) is 0.843. The van der Waals surface area contributed by atoms with E-state index >= 15 is 0 Å². The number of ether oxygens (including phenoxy) is 1. The number of piperidine rings is 1. The van der Waals surface area contributed by atoms with E-state index in [1.165, 1.54) is 15.5 Å². The number of aromatic nitrogens is 3. The monoisotopic (exact) mass is 416 g/mol. The largest absolute Gasteiger partial charge is 0.488 e. The maximum Gasteiger partial charge on any atom is 0.270 e. The average molecular weight is 416 g/mol. The number of amides is 1. The molecule has 3 aromatic heterocycles. The number of aliphatic hydroxyl groups excluding tert-OH is 1. The molecular formula is C23H20N4O4. The number of pyridine rings is 2. The summed E-state index contributed by atoms with van der Waals surface area (Å²) in [6.45, 7) is 0.440. The standard InChI is InChI=1S/C23H20N4O4/c28-19-14-26(22(29)17-13-25-21-5-1-2-10-27(21)23(17)30)11-8-20(19)31-16-7-6-15-4-3-9-24-18(15)12-16/h1-7,9-10,12-13,19-20,28H,8,11,14H2/t19-,20-/m1/s1. The summed E-state index contributed by atoms with van der Waals surface area (Å²) in [6, 6.07) is 14.6. The van der Waals surface area contributed by atoms with E-state index in [2.05, 4.69) is 9.97 Å². The Morgan fingerprint density at radius 1 is 1.13 bits per heavy atom. The van der Waals surface area contributed by atoms with Gasteiger partial charge in [0, 0.05) is 43.0 Å². The molecule has 8 nitrogen and oxygen atoms in total. The first kappa shape index (κ1) is 19.2. The highest BCUT2D eigenvalue weighted by molar-refractivity contribution is 5.93. The Kier molecular flexibility index (Phi) is 4.83. The van der Waals surface area contributed by atoms with Crippen LogP contribution in [0.4, 0.5) is 0 Å². The van der Waals surface area contributed by atoms with Crippen molar-refractivity contribution in [3.8, 4) is 5.75 Å². The van der Waals surface area contributed by atoms with Crippen LogP contribution in [0.5, 0.6) is 5.75 Å². The molecule has 0 bridgehead atoms. The van der Waals surface area contributed by atoms with Crippen LogP contribution in [0, 0.1) is 0 Å². The smallest absolute Gasteiger partial charge is 0.270 e. The number of β-amino-alcohol motifs (C(OH)–C–C–N with tert-alkyl or cyclic N) is 1. The van der Waals surface area contributed by atoms with Crippen LogP contribution in [0.25, 0.3) is 16.6 Å². The predicted octanol–water partition coefficient (Wildman–Crippen LogP) is 1.90. The molecule has 0 spiro atoms. The van der Waals surface area contributed by atoms with Crippen molar-refractivity contribution in [1.82, 2.24) is 19.3 Å². The van der Waals surface area contributed by atoms with Crippen molar-refractivity contribution in [1.29, 1.82) is 0 Å². The van der Waals surface area contributed by atoms with Crippen molar-refractivity contribution in [2.45, 2.75) is 18.6 Å². The van der Waals surface area contributed by atoms with E-state index in [1.54, 1.807) is 30.6 Å². The van der Waals surface area contributed by atoms with E-state index in [0.29, 0.717) is 24.4 Å². The fraction of sp³-hybridized carbons (Fsp3) is 0.217. The van der Waals surface area contributed by atoms with Crippen LogP contribution >= 0.6 is 0 Å². The third-order valence-electron chi connectivity index (χ3n) is 5.52. The van der Waals surface area contributed by atoms with Gasteiger partial charge in [0.15, 0.2) is 0 Å². The van der Waals surface area contributed by atoms with Gasteiger partial charge in [0.25, 0.3) is 11.5 Å². The zero-order valence-corrected chi connectivity index (χ0v) is 16.6. The number of carbonyl (C=O) groups excluding carboxylic acids is 1. The number of aliphatic hydroxyl groups is 1. The van der Waals surface area contributed by atoms with Crippen molar-refractivity contribution in [2.24, 2.45) is 0 Å². The van der Waals surface area contributed by atoms with Crippen molar-refractivity contribution in [2.75, 3.05) is 13.1 Å². The summed E-state index contributed by atoms with van der Waals surface area (Å²) in [6.07, 6.45) is 3.70. The molecule has 1 N–H and O–H groups in total. The first-order chi connectivity index (χ1) is 15.1. The molecule has 1 aliphatic heterocycles. The number of fused-ring (bicyclic) bond motifs is 2. The van der Waals surface area contributed by atoms with Gasteiger partial charge in [0.1, 0.15) is 29.2 Å². The maximum absolute atomic E-state index is 12.9. The molecule has 2 atom stereocenters. The minimum Gasteiger partial charge on any atom is -0.488 e. The van der Waals surface area contributed by atoms with Gasteiger partial charge in [-0.25, -0.2) is 4.98 Å². The van der Waals surface area contributed by atoms with Crippen LogP contribution in [0.2, 0.25) is 0 Å². The van der Waals surface area contributed by atoms with Gasteiger partial charge in [0.2, 0.25) is 0 Å². The molecule has 1 saturated heterocycles. The molecule has 8 heteroatoms. The summed E-state index contributed by atoms with van der Waals surface area (Å²) < 4.78 is 7.33. The van der Waals surface area contributed by atoms with Gasteiger partial charge < -0.3 is 14.7 Å². The number of hydrogen-bond acceptors (Lipinski definition) is 6. The Morgan fingerprint density at radius 3 is 2.90 bits per heavy atom. The number of rotatable bonds is 3. The Morgan fingerprint density at radius 2 is 2.03 bits per heavy atom. The van der Waals surface area contributed by atoms with Crippen molar-refractivity contribution >= 4 is 22.5 Å². The van der Waals surface area contributed by atoms with Gasteiger partial charge >= 0.3 is 0 Å². The van der Waals surface area contributed by atoms with E-state index in [9.17, 15) is 14.7 Å². The lowest BCUT2D eigenvalue weighted by atomic mass is 10.0. The van der Waals surface area contributed by atoms with Crippen molar-refractivity contribution < 1.29 is 14.6 Å². The Balaban J connectivity index is 1.31. The number of nitrogens with zero attached hydrogens (tertiary/aromatic N) is 4. The van der Waals surface area contributed by atoms with E-state index in [-0.39, 0.29) is 12.1 Å². The zero-order valence-electron chi connectivity index (χ0n) is 16.6. The second-order valence-corrected chi connectivity index (χ2v) is 7.53. The molecule has 1 aliphatic rings. The van der Waals surface area contributed by atoms with Gasteiger partial charge in [-0.1, -0.05) is 12.1 Å². The summed E-state index contributed by atoms with van der Waals surface area (Å²) >= 11 is 0. The van der Waals surface area contributed by atoms with Crippen LogP contribution < -0.4 is 10.3 Å². The topological polar surface area (TPSA) is 97.0 Å². The van der Waals surface area contributed by atoms with Crippen LogP contribution in [0.1, 0.15) is 16.8 Å². The molecule has 156 valence electrons. The molecule has 1 aromatic carbocycles. The van der Waals surface area contributed by atoms with Crippen molar-refractivity contribution in [3.05, 3.63) is 83.0 Å². The molecule has 0 saturated carbocycles. The highest BCUT2D eigenvalue weighted by atomic mass is 16.5. The Labute approximate surface area is 177 Å². The lowest BCUT2D eigenvalue weighted by Crippen LogP contribution is -2.51. The first-order valence-corrected chi connectivity index (χ1v) is 10.1. The van der Waals surface area contributed by atoms with Gasteiger partial charge in [-0.05, 0) is 30.3 Å². The summed E-state index contributed by atoms with van der Waals surface area (Å²) in [5.74, 6) is 0.176. The average Bonchev–Trinajstić information content (AvgIpc) is 2.80. The molecule has 4 aromatic rings. The second kappa shape index (κ2) is 7.81. The second-order valence-electron chi connectivity index (χ2n) is 7.53. The van der Waals surface area contributed by atoms with E-state index in [4.69, 9.17) is 4.74 Å². The van der Waals surface area contributed by atoms with Crippen LogP contribution in [-0.4, -0.2) is 55.6 Å². The summed E-state index contributed by atoms with van der Waals surface area (Å²) in [4.78, 5) is 35.6. The molecule has 0 aliphatic carbocycles. The normalized spacial score (nSPS) is 18.9. The lowest BCUT2D eigenvalue weighted by Gasteiger charge is -2.35. The molecule has 0 unspecified atom stereocenters. The SMILES string of the molecule is O=C(c1cnc2ccccn2c1=O)N1CC[C@@H](Oc2ccc3cccnc3c2)[C@H](O)C1. The van der Waals surface area contributed by atoms with Gasteiger partial charge in [-0.2, -0.15) is 0 Å². The number of likely N-dealkylation sites (tertiary alicyclic amines) is 1. The van der Waals surface area contributed by atoms with E-state index < -0.39 is 23.7 Å². The van der Waals surface area contributed by atoms with Crippen LogP contribution in [0.3, 0.4) is 0 Å². The minimum atomic E-state index is -0.881. The summed E-state index contributed by atoms with van der Waals surface area (Å²) in [5, 5.41) is 11.6. The third-order valence-corrected chi connectivity index (χ3v) is 5.52. The maximum atomic E-state index is 12.9. The quantitative estimate of drug-likeness (QED) is 0.548. The third kappa shape index (κ3) is 3.62. The predicted molar refractivity (Wildman–Crippen MR) is 114 cm³/mol. The lowest BCUT2D eigenvalue weighted by molar-refractivity contribution is -0.0199. The molecule has 1 amide bonds.